The summed E-state index contributed by atoms with van der Waals surface area (Å²) < 4.78 is 24.3. The smallest absolute Gasteiger partial charge is 0.149 e. The molecule has 0 amide bonds. The van der Waals surface area contributed by atoms with Gasteiger partial charge in [-0.3, -0.25) is 4.68 Å². The first-order valence-corrected chi connectivity index (χ1v) is 11.0. The molecule has 1 aliphatic heterocycles. The summed E-state index contributed by atoms with van der Waals surface area (Å²) in [5.41, 5.74) is 0.771. The first kappa shape index (κ1) is 19.4. The highest BCUT2D eigenvalue weighted by molar-refractivity contribution is 7.90. The Hall–Kier alpha value is -1.41. The predicted octanol–water partition coefficient (Wildman–Crippen LogP) is 2.28. The van der Waals surface area contributed by atoms with E-state index >= 15 is 0 Å². The number of halogens is 1. The average Bonchev–Trinajstić information content (AvgIpc) is 3.01. The monoisotopic (exact) mass is 397 g/mol. The number of sulfone groups is 1. The minimum absolute atomic E-state index is 0.0507. The molecule has 0 radical (unpaired) electrons. The van der Waals surface area contributed by atoms with Gasteiger partial charge in [-0.05, 0) is 37.5 Å². The van der Waals surface area contributed by atoms with Crippen molar-refractivity contribution in [3.8, 4) is 0 Å². The van der Waals surface area contributed by atoms with E-state index in [-0.39, 0.29) is 17.8 Å². The summed E-state index contributed by atoms with van der Waals surface area (Å²) in [6.07, 6.45) is 5.88. The lowest BCUT2D eigenvalue weighted by Crippen LogP contribution is -2.46. The molecule has 2 N–H and O–H groups in total. The molecule has 0 spiro atoms. The number of hydrogen-bond donors (Lipinski definition) is 2. The molecule has 0 aliphatic carbocycles. The SMILES string of the molecule is CC1CC(O)(c2cccc(Cl)c2)CC(c2cnn(CCS(C)(=O)=O)c2)N1. The second-order valence-corrected chi connectivity index (χ2v) is 9.93. The zero-order valence-electron chi connectivity index (χ0n) is 14.9. The Kier molecular flexibility index (Phi) is 5.44. The first-order valence-electron chi connectivity index (χ1n) is 8.59. The van der Waals surface area contributed by atoms with Gasteiger partial charge >= 0.3 is 0 Å². The summed E-state index contributed by atoms with van der Waals surface area (Å²) >= 11 is 6.10. The van der Waals surface area contributed by atoms with Crippen LogP contribution in [0.2, 0.25) is 5.02 Å². The summed E-state index contributed by atoms with van der Waals surface area (Å²) in [6.45, 7) is 2.36. The third-order valence-electron chi connectivity index (χ3n) is 4.78. The van der Waals surface area contributed by atoms with E-state index in [0.717, 1.165) is 11.1 Å². The van der Waals surface area contributed by atoms with Crippen molar-refractivity contribution in [3.05, 3.63) is 52.8 Å². The van der Waals surface area contributed by atoms with Crippen molar-refractivity contribution >= 4 is 21.4 Å². The summed E-state index contributed by atoms with van der Waals surface area (Å²) in [7, 11) is -3.03. The molecule has 8 heteroatoms. The van der Waals surface area contributed by atoms with Gasteiger partial charge in [-0.25, -0.2) is 8.42 Å². The van der Waals surface area contributed by atoms with Crippen LogP contribution in [0.1, 0.15) is 36.9 Å². The van der Waals surface area contributed by atoms with E-state index in [4.69, 9.17) is 11.6 Å². The molecule has 1 saturated heterocycles. The summed E-state index contributed by atoms with van der Waals surface area (Å²) in [6, 6.07) is 7.39. The number of nitrogens with zero attached hydrogens (tertiary/aromatic N) is 2. The molecular formula is C18H24ClN3O3S. The Bertz CT molecular complexity index is 883. The first-order chi connectivity index (χ1) is 12.1. The standard InChI is InChI=1S/C18H24ClN3O3S/c1-13-9-18(23,15-4-3-5-16(19)8-15)10-17(21-13)14-11-20-22(12-14)6-7-26(2,24)25/h3-5,8,11-13,17,21,23H,6-7,9-10H2,1-2H3. The Morgan fingerprint density at radius 2 is 2.19 bits per heavy atom. The molecule has 2 aromatic rings. The van der Waals surface area contributed by atoms with Crippen LogP contribution >= 0.6 is 11.6 Å². The number of rotatable bonds is 5. The van der Waals surface area contributed by atoms with Crippen LogP contribution in [0.4, 0.5) is 0 Å². The molecule has 3 atom stereocenters. The van der Waals surface area contributed by atoms with Gasteiger partial charge in [0.25, 0.3) is 0 Å². The largest absolute Gasteiger partial charge is 0.385 e. The fourth-order valence-corrected chi connectivity index (χ4v) is 4.27. The molecule has 142 valence electrons. The summed E-state index contributed by atoms with van der Waals surface area (Å²) in [4.78, 5) is 0. The molecule has 0 saturated carbocycles. The molecule has 1 aromatic heterocycles. The maximum Gasteiger partial charge on any atom is 0.149 e. The van der Waals surface area contributed by atoms with Gasteiger partial charge < -0.3 is 10.4 Å². The molecule has 1 fully saturated rings. The number of benzene rings is 1. The number of aliphatic hydroxyl groups is 1. The van der Waals surface area contributed by atoms with E-state index in [1.54, 1.807) is 16.9 Å². The zero-order valence-corrected chi connectivity index (χ0v) is 16.5. The van der Waals surface area contributed by atoms with Crippen LogP contribution in [0.15, 0.2) is 36.7 Å². The summed E-state index contributed by atoms with van der Waals surface area (Å²) in [5.74, 6) is 0.0507. The van der Waals surface area contributed by atoms with E-state index in [1.807, 2.05) is 31.3 Å². The number of piperidine rings is 1. The Morgan fingerprint density at radius 1 is 1.42 bits per heavy atom. The molecule has 1 aromatic carbocycles. The third-order valence-corrected chi connectivity index (χ3v) is 5.94. The highest BCUT2D eigenvalue weighted by atomic mass is 35.5. The van der Waals surface area contributed by atoms with Crippen LogP contribution in [-0.4, -0.2) is 41.4 Å². The quantitative estimate of drug-likeness (QED) is 0.808. The minimum atomic E-state index is -3.03. The third kappa shape index (κ3) is 4.65. The highest BCUT2D eigenvalue weighted by Gasteiger charge is 2.39. The maximum absolute atomic E-state index is 11.3. The molecule has 1 aliphatic rings. The van der Waals surface area contributed by atoms with Crippen LogP contribution < -0.4 is 5.32 Å². The molecule has 3 rings (SSSR count). The Labute approximate surface area is 159 Å². The van der Waals surface area contributed by atoms with E-state index in [1.165, 1.54) is 6.26 Å². The Balaban J connectivity index is 1.79. The molecular weight excluding hydrogens is 374 g/mol. The van der Waals surface area contributed by atoms with Crippen molar-refractivity contribution in [3.63, 3.8) is 0 Å². The second-order valence-electron chi connectivity index (χ2n) is 7.24. The molecule has 6 nitrogen and oxygen atoms in total. The van der Waals surface area contributed by atoms with Gasteiger partial charge in [-0.2, -0.15) is 5.10 Å². The fourth-order valence-electron chi connectivity index (χ4n) is 3.56. The predicted molar refractivity (Wildman–Crippen MR) is 102 cm³/mol. The van der Waals surface area contributed by atoms with Crippen molar-refractivity contribution in [2.45, 2.75) is 44.0 Å². The molecule has 0 bridgehead atoms. The van der Waals surface area contributed by atoms with Crippen molar-refractivity contribution in [1.29, 1.82) is 0 Å². The van der Waals surface area contributed by atoms with E-state index in [9.17, 15) is 13.5 Å². The van der Waals surface area contributed by atoms with Gasteiger partial charge in [0, 0.05) is 35.1 Å². The maximum atomic E-state index is 11.3. The number of aromatic nitrogens is 2. The number of nitrogens with one attached hydrogen (secondary N) is 1. The van der Waals surface area contributed by atoms with E-state index in [0.29, 0.717) is 24.4 Å². The lowest BCUT2D eigenvalue weighted by atomic mass is 9.78. The normalized spacial score (nSPS) is 26.8. The lowest BCUT2D eigenvalue weighted by molar-refractivity contribution is -0.0229. The molecule has 26 heavy (non-hydrogen) atoms. The number of hydrogen-bond acceptors (Lipinski definition) is 5. The molecule has 2 heterocycles. The van der Waals surface area contributed by atoms with Crippen LogP contribution in [0.5, 0.6) is 0 Å². The van der Waals surface area contributed by atoms with Crippen molar-refractivity contribution < 1.29 is 13.5 Å². The van der Waals surface area contributed by atoms with E-state index < -0.39 is 15.4 Å². The van der Waals surface area contributed by atoms with Crippen molar-refractivity contribution in [2.24, 2.45) is 0 Å². The van der Waals surface area contributed by atoms with Gasteiger partial charge in [0.15, 0.2) is 0 Å². The summed E-state index contributed by atoms with van der Waals surface area (Å²) in [5, 5.41) is 19.6. The lowest BCUT2D eigenvalue weighted by Gasteiger charge is -2.41. The van der Waals surface area contributed by atoms with E-state index in [2.05, 4.69) is 10.4 Å². The van der Waals surface area contributed by atoms with Crippen LogP contribution in [0, 0.1) is 0 Å². The average molecular weight is 398 g/mol. The van der Waals surface area contributed by atoms with Gasteiger partial charge in [0.2, 0.25) is 0 Å². The zero-order chi connectivity index (χ0) is 18.9. The fraction of sp³-hybridized carbons (Fsp3) is 0.500. The van der Waals surface area contributed by atoms with Crippen molar-refractivity contribution in [1.82, 2.24) is 15.1 Å². The van der Waals surface area contributed by atoms with Crippen LogP contribution in [-0.2, 0) is 22.0 Å². The van der Waals surface area contributed by atoms with Gasteiger partial charge in [-0.15, -0.1) is 0 Å². The van der Waals surface area contributed by atoms with Gasteiger partial charge in [0.1, 0.15) is 9.84 Å². The topological polar surface area (TPSA) is 84.2 Å². The highest BCUT2D eigenvalue weighted by Crippen LogP contribution is 2.40. The van der Waals surface area contributed by atoms with Crippen LogP contribution in [0.3, 0.4) is 0 Å². The van der Waals surface area contributed by atoms with Gasteiger partial charge in [0.05, 0.1) is 24.1 Å². The second kappa shape index (κ2) is 7.31. The number of aryl methyl sites for hydroxylation is 1. The Morgan fingerprint density at radius 3 is 2.88 bits per heavy atom. The van der Waals surface area contributed by atoms with Crippen molar-refractivity contribution in [2.75, 3.05) is 12.0 Å². The minimum Gasteiger partial charge on any atom is -0.385 e. The molecule has 3 unspecified atom stereocenters. The van der Waals surface area contributed by atoms with Crippen LogP contribution in [0.25, 0.3) is 0 Å². The van der Waals surface area contributed by atoms with Gasteiger partial charge in [-0.1, -0.05) is 23.7 Å².